The third-order valence-corrected chi connectivity index (χ3v) is 3.24. The number of rotatable bonds is 2. The predicted octanol–water partition coefficient (Wildman–Crippen LogP) is 3.57. The standard InChI is InChI=1S/C14H12BrNO/c1-9-2-4-10(5-3-9)14(17)12-8-11(16)6-7-13(12)15/h2-8H,16H2,1H3. The maximum absolute atomic E-state index is 12.2. The van der Waals surface area contributed by atoms with E-state index in [1.54, 1.807) is 18.2 Å². The number of ketones is 1. The van der Waals surface area contributed by atoms with Crippen LogP contribution in [0.1, 0.15) is 21.5 Å². The Morgan fingerprint density at radius 1 is 1.12 bits per heavy atom. The Hall–Kier alpha value is -1.61. The number of anilines is 1. The lowest BCUT2D eigenvalue weighted by Crippen LogP contribution is -2.03. The molecule has 2 aromatic rings. The molecule has 2 nitrogen and oxygen atoms in total. The van der Waals surface area contributed by atoms with E-state index in [-0.39, 0.29) is 5.78 Å². The van der Waals surface area contributed by atoms with Crippen LogP contribution in [0.4, 0.5) is 5.69 Å². The van der Waals surface area contributed by atoms with Gasteiger partial charge >= 0.3 is 0 Å². The van der Waals surface area contributed by atoms with E-state index in [2.05, 4.69) is 15.9 Å². The minimum atomic E-state index is -0.0239. The zero-order valence-corrected chi connectivity index (χ0v) is 11.0. The Balaban J connectivity index is 2.43. The van der Waals surface area contributed by atoms with Crippen molar-refractivity contribution in [2.24, 2.45) is 0 Å². The summed E-state index contributed by atoms with van der Waals surface area (Å²) < 4.78 is 0.761. The molecule has 17 heavy (non-hydrogen) atoms. The van der Waals surface area contributed by atoms with Crippen molar-refractivity contribution in [3.63, 3.8) is 0 Å². The Kier molecular flexibility index (Phi) is 3.29. The molecule has 0 radical (unpaired) electrons. The molecule has 0 aromatic heterocycles. The van der Waals surface area contributed by atoms with Crippen molar-refractivity contribution < 1.29 is 4.79 Å². The van der Waals surface area contributed by atoms with Crippen LogP contribution in [-0.4, -0.2) is 5.78 Å². The van der Waals surface area contributed by atoms with Crippen LogP contribution < -0.4 is 5.73 Å². The van der Waals surface area contributed by atoms with Gasteiger partial charge in [0.15, 0.2) is 5.78 Å². The minimum Gasteiger partial charge on any atom is -0.399 e. The second-order valence-electron chi connectivity index (χ2n) is 3.93. The van der Waals surface area contributed by atoms with Gasteiger partial charge in [-0.25, -0.2) is 0 Å². The topological polar surface area (TPSA) is 43.1 Å². The zero-order valence-electron chi connectivity index (χ0n) is 9.41. The number of halogens is 1. The monoisotopic (exact) mass is 289 g/mol. The summed E-state index contributed by atoms with van der Waals surface area (Å²) in [6.45, 7) is 1.99. The molecule has 0 bridgehead atoms. The van der Waals surface area contributed by atoms with E-state index in [9.17, 15) is 4.79 Å². The molecule has 0 amide bonds. The van der Waals surface area contributed by atoms with Crippen LogP contribution in [0.5, 0.6) is 0 Å². The van der Waals surface area contributed by atoms with Gasteiger partial charge in [-0.15, -0.1) is 0 Å². The largest absolute Gasteiger partial charge is 0.399 e. The van der Waals surface area contributed by atoms with E-state index in [0.29, 0.717) is 16.8 Å². The Morgan fingerprint density at radius 3 is 2.41 bits per heavy atom. The van der Waals surface area contributed by atoms with E-state index < -0.39 is 0 Å². The highest BCUT2D eigenvalue weighted by molar-refractivity contribution is 9.10. The van der Waals surface area contributed by atoms with Gasteiger partial charge in [0.05, 0.1) is 0 Å². The molecule has 0 aliphatic heterocycles. The van der Waals surface area contributed by atoms with Gasteiger partial charge in [0.25, 0.3) is 0 Å². The summed E-state index contributed by atoms with van der Waals surface area (Å²) in [4.78, 5) is 12.2. The van der Waals surface area contributed by atoms with E-state index >= 15 is 0 Å². The lowest BCUT2D eigenvalue weighted by atomic mass is 10.0. The molecule has 86 valence electrons. The molecule has 0 atom stereocenters. The Bertz CT molecular complexity index is 561. The van der Waals surface area contributed by atoms with Crippen LogP contribution in [-0.2, 0) is 0 Å². The number of hydrogen-bond donors (Lipinski definition) is 1. The molecule has 0 saturated heterocycles. The second kappa shape index (κ2) is 4.72. The molecule has 3 heteroatoms. The van der Waals surface area contributed by atoms with Crippen molar-refractivity contribution in [3.05, 3.63) is 63.6 Å². The third kappa shape index (κ3) is 2.56. The summed E-state index contributed by atoms with van der Waals surface area (Å²) in [5.41, 5.74) is 8.67. The molecule has 0 aliphatic carbocycles. The first-order valence-electron chi connectivity index (χ1n) is 5.24. The molecule has 0 fully saturated rings. The van der Waals surface area contributed by atoms with Crippen molar-refractivity contribution in [1.29, 1.82) is 0 Å². The average molecular weight is 290 g/mol. The highest BCUT2D eigenvalue weighted by Gasteiger charge is 2.12. The van der Waals surface area contributed by atoms with Crippen LogP contribution in [0.15, 0.2) is 46.9 Å². The Labute approximate surface area is 109 Å². The lowest BCUT2D eigenvalue weighted by molar-refractivity contribution is 0.103. The van der Waals surface area contributed by atoms with Gasteiger partial charge in [-0.2, -0.15) is 0 Å². The van der Waals surface area contributed by atoms with Gasteiger partial charge in [-0.1, -0.05) is 45.8 Å². The number of carbonyl (C=O) groups is 1. The van der Waals surface area contributed by atoms with Crippen molar-refractivity contribution >= 4 is 27.4 Å². The molecule has 2 rings (SSSR count). The summed E-state index contributed by atoms with van der Waals surface area (Å²) >= 11 is 3.37. The van der Waals surface area contributed by atoms with Gasteiger partial charge in [-0.3, -0.25) is 4.79 Å². The van der Waals surface area contributed by atoms with Crippen molar-refractivity contribution in [1.82, 2.24) is 0 Å². The van der Waals surface area contributed by atoms with Gasteiger partial charge in [0, 0.05) is 21.3 Å². The molecule has 0 saturated carbocycles. The van der Waals surface area contributed by atoms with Gasteiger partial charge in [0.1, 0.15) is 0 Å². The van der Waals surface area contributed by atoms with Crippen LogP contribution in [0.2, 0.25) is 0 Å². The van der Waals surface area contributed by atoms with Crippen LogP contribution >= 0.6 is 15.9 Å². The third-order valence-electron chi connectivity index (χ3n) is 2.55. The highest BCUT2D eigenvalue weighted by atomic mass is 79.9. The number of hydrogen-bond acceptors (Lipinski definition) is 2. The fourth-order valence-electron chi connectivity index (χ4n) is 1.58. The molecule has 0 aliphatic rings. The fraction of sp³-hybridized carbons (Fsp3) is 0.0714. The Morgan fingerprint density at radius 2 is 1.76 bits per heavy atom. The normalized spacial score (nSPS) is 10.2. The van der Waals surface area contributed by atoms with Gasteiger partial charge in [-0.05, 0) is 25.1 Å². The molecular formula is C14H12BrNO. The number of carbonyl (C=O) groups excluding carboxylic acids is 1. The van der Waals surface area contributed by atoms with Crippen LogP contribution in [0, 0.1) is 6.92 Å². The number of nitrogen functional groups attached to an aromatic ring is 1. The predicted molar refractivity (Wildman–Crippen MR) is 73.2 cm³/mol. The molecule has 2 aromatic carbocycles. The maximum atomic E-state index is 12.2. The molecule has 0 heterocycles. The number of nitrogens with two attached hydrogens (primary N) is 1. The molecule has 0 spiro atoms. The number of benzene rings is 2. The number of aryl methyl sites for hydroxylation is 1. The van der Waals surface area contributed by atoms with E-state index in [1.165, 1.54) is 0 Å². The fourth-order valence-corrected chi connectivity index (χ4v) is 2.00. The van der Waals surface area contributed by atoms with Crippen LogP contribution in [0.25, 0.3) is 0 Å². The SMILES string of the molecule is Cc1ccc(C(=O)c2cc(N)ccc2Br)cc1. The molecule has 0 unspecified atom stereocenters. The summed E-state index contributed by atoms with van der Waals surface area (Å²) in [5.74, 6) is -0.0239. The van der Waals surface area contributed by atoms with Gasteiger partial charge in [0.2, 0.25) is 0 Å². The zero-order chi connectivity index (χ0) is 12.4. The summed E-state index contributed by atoms with van der Waals surface area (Å²) in [7, 11) is 0. The van der Waals surface area contributed by atoms with Crippen LogP contribution in [0.3, 0.4) is 0 Å². The quantitative estimate of drug-likeness (QED) is 0.678. The smallest absolute Gasteiger partial charge is 0.194 e. The summed E-state index contributed by atoms with van der Waals surface area (Å²) in [5, 5.41) is 0. The lowest BCUT2D eigenvalue weighted by Gasteiger charge is -2.05. The van der Waals surface area contributed by atoms with Gasteiger partial charge < -0.3 is 5.73 Å². The van der Waals surface area contributed by atoms with Crippen molar-refractivity contribution in [3.8, 4) is 0 Å². The summed E-state index contributed by atoms with van der Waals surface area (Å²) in [6.07, 6.45) is 0. The van der Waals surface area contributed by atoms with Crippen molar-refractivity contribution in [2.45, 2.75) is 6.92 Å². The van der Waals surface area contributed by atoms with E-state index in [0.717, 1.165) is 10.0 Å². The highest BCUT2D eigenvalue weighted by Crippen LogP contribution is 2.22. The van der Waals surface area contributed by atoms with E-state index in [1.807, 2.05) is 31.2 Å². The first kappa shape index (κ1) is 11.9. The van der Waals surface area contributed by atoms with E-state index in [4.69, 9.17) is 5.73 Å². The molecule has 2 N–H and O–H groups in total. The maximum Gasteiger partial charge on any atom is 0.194 e. The first-order valence-corrected chi connectivity index (χ1v) is 6.03. The average Bonchev–Trinajstić information content (AvgIpc) is 2.32. The second-order valence-corrected chi connectivity index (χ2v) is 4.79. The van der Waals surface area contributed by atoms with Crippen molar-refractivity contribution in [2.75, 3.05) is 5.73 Å². The molecular weight excluding hydrogens is 278 g/mol. The summed E-state index contributed by atoms with van der Waals surface area (Å²) in [6, 6.07) is 12.7. The first-order chi connectivity index (χ1) is 8.08. The minimum absolute atomic E-state index is 0.0239.